The van der Waals surface area contributed by atoms with E-state index in [1.807, 2.05) is 0 Å². The molecule has 0 aliphatic carbocycles. The molecule has 1 rings (SSSR count). The van der Waals surface area contributed by atoms with Crippen LogP contribution < -0.4 is 10.5 Å². The number of methoxy groups -OCH3 is 1. The minimum absolute atomic E-state index is 0.532. The molecule has 0 fully saturated rings. The SMILES string of the molecule is COc1ccc(C(N)C=O)cc1. The van der Waals surface area contributed by atoms with Crippen molar-refractivity contribution in [3.63, 3.8) is 0 Å². The number of carbonyl (C=O) groups excluding carboxylic acids is 1. The lowest BCUT2D eigenvalue weighted by Crippen LogP contribution is -2.10. The molecule has 1 unspecified atom stereocenters. The van der Waals surface area contributed by atoms with Crippen molar-refractivity contribution < 1.29 is 9.53 Å². The lowest BCUT2D eigenvalue weighted by Gasteiger charge is -2.04. The Morgan fingerprint density at radius 3 is 2.42 bits per heavy atom. The number of carbonyl (C=O) groups is 1. The molecule has 0 amide bonds. The van der Waals surface area contributed by atoms with Gasteiger partial charge in [0.25, 0.3) is 0 Å². The van der Waals surface area contributed by atoms with Gasteiger partial charge in [0.2, 0.25) is 0 Å². The number of hydrogen-bond acceptors (Lipinski definition) is 3. The van der Waals surface area contributed by atoms with Crippen LogP contribution in [-0.4, -0.2) is 13.4 Å². The first-order valence-corrected chi connectivity index (χ1v) is 3.62. The van der Waals surface area contributed by atoms with Crippen LogP contribution in [0.1, 0.15) is 11.6 Å². The first-order chi connectivity index (χ1) is 5.77. The fraction of sp³-hybridized carbons (Fsp3) is 0.222. The highest BCUT2D eigenvalue weighted by Crippen LogP contribution is 2.14. The van der Waals surface area contributed by atoms with E-state index >= 15 is 0 Å². The molecule has 0 aromatic heterocycles. The van der Waals surface area contributed by atoms with E-state index in [1.165, 1.54) is 0 Å². The maximum atomic E-state index is 10.3. The highest BCUT2D eigenvalue weighted by atomic mass is 16.5. The zero-order chi connectivity index (χ0) is 8.97. The third kappa shape index (κ3) is 1.83. The maximum Gasteiger partial charge on any atom is 0.141 e. The summed E-state index contributed by atoms with van der Waals surface area (Å²) in [5.41, 5.74) is 6.27. The normalized spacial score (nSPS) is 12.2. The zero-order valence-corrected chi connectivity index (χ0v) is 6.86. The van der Waals surface area contributed by atoms with Crippen molar-refractivity contribution in [2.45, 2.75) is 6.04 Å². The Morgan fingerprint density at radius 1 is 1.42 bits per heavy atom. The van der Waals surface area contributed by atoms with E-state index in [0.29, 0.717) is 6.29 Å². The Morgan fingerprint density at radius 2 is 2.00 bits per heavy atom. The molecular formula is C9H11NO2. The van der Waals surface area contributed by atoms with Gasteiger partial charge < -0.3 is 15.3 Å². The summed E-state index contributed by atoms with van der Waals surface area (Å²) >= 11 is 0. The molecule has 0 spiro atoms. The predicted molar refractivity (Wildman–Crippen MR) is 46.0 cm³/mol. The van der Waals surface area contributed by atoms with Gasteiger partial charge in [-0.2, -0.15) is 0 Å². The molecule has 0 aliphatic heterocycles. The molecule has 64 valence electrons. The van der Waals surface area contributed by atoms with Crippen LogP contribution in [0.3, 0.4) is 0 Å². The third-order valence-corrected chi connectivity index (χ3v) is 1.65. The van der Waals surface area contributed by atoms with Crippen LogP contribution in [0.5, 0.6) is 5.75 Å². The summed E-state index contributed by atoms with van der Waals surface area (Å²) in [6, 6.07) is 6.57. The number of rotatable bonds is 3. The minimum atomic E-state index is -0.532. The van der Waals surface area contributed by atoms with Gasteiger partial charge >= 0.3 is 0 Å². The van der Waals surface area contributed by atoms with Crippen molar-refractivity contribution in [2.75, 3.05) is 7.11 Å². The molecule has 3 nitrogen and oxygen atoms in total. The number of hydrogen-bond donors (Lipinski definition) is 1. The second-order valence-corrected chi connectivity index (χ2v) is 2.44. The quantitative estimate of drug-likeness (QED) is 0.677. The maximum absolute atomic E-state index is 10.3. The summed E-state index contributed by atoms with van der Waals surface area (Å²) in [6.45, 7) is 0. The molecule has 1 aromatic rings. The first kappa shape index (κ1) is 8.74. The minimum Gasteiger partial charge on any atom is -0.497 e. The van der Waals surface area contributed by atoms with E-state index in [-0.39, 0.29) is 0 Å². The molecule has 1 aromatic carbocycles. The van der Waals surface area contributed by atoms with E-state index in [1.54, 1.807) is 31.4 Å². The molecule has 0 aliphatic rings. The van der Waals surface area contributed by atoms with Crippen LogP contribution in [0, 0.1) is 0 Å². The monoisotopic (exact) mass is 165 g/mol. The fourth-order valence-corrected chi connectivity index (χ4v) is 0.905. The Hall–Kier alpha value is -1.35. The largest absolute Gasteiger partial charge is 0.497 e. The molecule has 1 atom stereocenters. The van der Waals surface area contributed by atoms with Gasteiger partial charge in [0, 0.05) is 0 Å². The summed E-state index contributed by atoms with van der Waals surface area (Å²) in [4.78, 5) is 10.3. The second-order valence-electron chi connectivity index (χ2n) is 2.44. The highest BCUT2D eigenvalue weighted by Gasteiger charge is 2.02. The topological polar surface area (TPSA) is 52.3 Å². The standard InChI is InChI=1S/C9H11NO2/c1-12-8-4-2-7(3-5-8)9(10)6-11/h2-6,9H,10H2,1H3. The Bertz CT molecular complexity index is 256. The molecule has 0 radical (unpaired) electrons. The number of nitrogens with two attached hydrogens (primary N) is 1. The lowest BCUT2D eigenvalue weighted by atomic mass is 10.1. The summed E-state index contributed by atoms with van der Waals surface area (Å²) in [7, 11) is 1.59. The smallest absolute Gasteiger partial charge is 0.141 e. The van der Waals surface area contributed by atoms with Crippen LogP contribution in [0.2, 0.25) is 0 Å². The van der Waals surface area contributed by atoms with Crippen molar-refractivity contribution in [2.24, 2.45) is 5.73 Å². The van der Waals surface area contributed by atoms with E-state index in [9.17, 15) is 4.79 Å². The molecule has 0 bridgehead atoms. The highest BCUT2D eigenvalue weighted by molar-refractivity contribution is 5.61. The van der Waals surface area contributed by atoms with Gasteiger partial charge in [-0.05, 0) is 17.7 Å². The van der Waals surface area contributed by atoms with Crippen molar-refractivity contribution >= 4 is 6.29 Å². The van der Waals surface area contributed by atoms with Crippen LogP contribution >= 0.6 is 0 Å². The van der Waals surface area contributed by atoms with Gasteiger partial charge in [0.15, 0.2) is 0 Å². The Labute approximate surface area is 71.1 Å². The van der Waals surface area contributed by atoms with Crippen LogP contribution in [0.15, 0.2) is 24.3 Å². The number of benzene rings is 1. The molecule has 0 saturated heterocycles. The van der Waals surface area contributed by atoms with Gasteiger partial charge in [-0.3, -0.25) is 0 Å². The number of ether oxygens (including phenoxy) is 1. The zero-order valence-electron chi connectivity index (χ0n) is 6.86. The first-order valence-electron chi connectivity index (χ1n) is 3.62. The Balaban J connectivity index is 2.84. The molecular weight excluding hydrogens is 154 g/mol. The van der Waals surface area contributed by atoms with Crippen LogP contribution in [0.25, 0.3) is 0 Å². The van der Waals surface area contributed by atoms with Gasteiger partial charge in [0.05, 0.1) is 13.2 Å². The molecule has 2 N–H and O–H groups in total. The van der Waals surface area contributed by atoms with E-state index in [0.717, 1.165) is 11.3 Å². The predicted octanol–water partition coefficient (Wildman–Crippen LogP) is 0.894. The fourth-order valence-electron chi connectivity index (χ4n) is 0.905. The van der Waals surface area contributed by atoms with Crippen molar-refractivity contribution in [1.82, 2.24) is 0 Å². The van der Waals surface area contributed by atoms with Gasteiger partial charge in [-0.1, -0.05) is 12.1 Å². The van der Waals surface area contributed by atoms with Crippen LogP contribution in [0.4, 0.5) is 0 Å². The number of aldehydes is 1. The van der Waals surface area contributed by atoms with E-state index in [2.05, 4.69) is 0 Å². The summed E-state index contributed by atoms with van der Waals surface area (Å²) in [6.07, 6.45) is 0.710. The van der Waals surface area contributed by atoms with Crippen molar-refractivity contribution in [3.05, 3.63) is 29.8 Å². The van der Waals surface area contributed by atoms with Gasteiger partial charge in [0.1, 0.15) is 12.0 Å². The average molecular weight is 165 g/mol. The molecule has 0 saturated carbocycles. The molecule has 12 heavy (non-hydrogen) atoms. The average Bonchev–Trinajstić information content (AvgIpc) is 2.17. The molecule has 3 heteroatoms. The summed E-state index contributed by atoms with van der Waals surface area (Å²) in [5, 5.41) is 0. The van der Waals surface area contributed by atoms with Crippen molar-refractivity contribution in [1.29, 1.82) is 0 Å². The van der Waals surface area contributed by atoms with E-state index < -0.39 is 6.04 Å². The summed E-state index contributed by atoms with van der Waals surface area (Å²) < 4.78 is 4.95. The van der Waals surface area contributed by atoms with Gasteiger partial charge in [-0.25, -0.2) is 0 Å². The molecule has 0 heterocycles. The van der Waals surface area contributed by atoms with Gasteiger partial charge in [-0.15, -0.1) is 0 Å². The third-order valence-electron chi connectivity index (χ3n) is 1.65. The second kappa shape index (κ2) is 3.88. The lowest BCUT2D eigenvalue weighted by molar-refractivity contribution is -0.109. The van der Waals surface area contributed by atoms with Crippen molar-refractivity contribution in [3.8, 4) is 5.75 Å². The summed E-state index contributed by atoms with van der Waals surface area (Å²) in [5.74, 6) is 0.761. The Kier molecular flexibility index (Phi) is 2.82. The van der Waals surface area contributed by atoms with Crippen LogP contribution in [-0.2, 0) is 4.79 Å². The van der Waals surface area contributed by atoms with E-state index in [4.69, 9.17) is 10.5 Å².